The number of aromatic nitrogens is 2. The Labute approximate surface area is 102 Å². The van der Waals surface area contributed by atoms with Crippen LogP contribution >= 0.6 is 12.2 Å². The molecule has 88 valence electrons. The minimum absolute atomic E-state index is 0.601. The van der Waals surface area contributed by atoms with Crippen LogP contribution in [0.4, 0.5) is 5.82 Å². The lowest BCUT2D eigenvalue weighted by molar-refractivity contribution is 0.625. The lowest BCUT2D eigenvalue weighted by Gasteiger charge is -2.13. The number of nitrogens with one attached hydrogen (secondary N) is 2. The van der Waals surface area contributed by atoms with Crippen molar-refractivity contribution in [1.82, 2.24) is 9.97 Å². The normalized spacial score (nSPS) is 15.4. The van der Waals surface area contributed by atoms with Gasteiger partial charge in [-0.05, 0) is 43.8 Å². The number of hydrogen-bond donors (Lipinski definition) is 2. The third-order valence-corrected chi connectivity index (χ3v) is 3.07. The standard InChI is InChI=1S/C12H19N3S/c1-8(2)7-10-9-5-3-4-6-13-11(9)15-12(16)14-10/h8H,3-7H2,1-2H3,(H2,13,14,15,16). The van der Waals surface area contributed by atoms with Crippen LogP contribution in [0, 0.1) is 10.7 Å². The Morgan fingerprint density at radius 1 is 1.38 bits per heavy atom. The quantitative estimate of drug-likeness (QED) is 0.777. The Morgan fingerprint density at radius 3 is 2.94 bits per heavy atom. The molecule has 0 fully saturated rings. The van der Waals surface area contributed by atoms with E-state index in [4.69, 9.17) is 12.2 Å². The highest BCUT2D eigenvalue weighted by atomic mass is 32.1. The van der Waals surface area contributed by atoms with Crippen LogP contribution in [0.3, 0.4) is 0 Å². The monoisotopic (exact) mass is 237 g/mol. The fourth-order valence-electron chi connectivity index (χ4n) is 2.18. The number of fused-ring (bicyclic) bond motifs is 1. The number of aromatic amines is 1. The van der Waals surface area contributed by atoms with E-state index in [1.54, 1.807) is 0 Å². The van der Waals surface area contributed by atoms with Gasteiger partial charge in [-0.1, -0.05) is 13.8 Å². The van der Waals surface area contributed by atoms with Crippen molar-refractivity contribution in [2.24, 2.45) is 5.92 Å². The Bertz CT molecular complexity index is 423. The van der Waals surface area contributed by atoms with Gasteiger partial charge < -0.3 is 10.3 Å². The van der Waals surface area contributed by atoms with E-state index >= 15 is 0 Å². The van der Waals surface area contributed by atoms with Crippen molar-refractivity contribution in [3.63, 3.8) is 0 Å². The SMILES string of the molecule is CC(C)Cc1[nH]c(=S)nc2c1CCCCN2. The predicted octanol–water partition coefficient (Wildman–Crippen LogP) is 3.09. The molecule has 1 aliphatic heterocycles. The van der Waals surface area contributed by atoms with E-state index in [0.29, 0.717) is 10.7 Å². The van der Waals surface area contributed by atoms with Gasteiger partial charge in [-0.3, -0.25) is 0 Å². The molecule has 0 saturated carbocycles. The van der Waals surface area contributed by atoms with E-state index in [0.717, 1.165) is 25.2 Å². The van der Waals surface area contributed by atoms with Gasteiger partial charge in [-0.25, -0.2) is 4.98 Å². The fraction of sp³-hybridized carbons (Fsp3) is 0.667. The maximum atomic E-state index is 5.18. The van der Waals surface area contributed by atoms with Gasteiger partial charge in [0.15, 0.2) is 4.77 Å². The minimum Gasteiger partial charge on any atom is -0.370 e. The largest absolute Gasteiger partial charge is 0.370 e. The van der Waals surface area contributed by atoms with Crippen molar-refractivity contribution in [2.75, 3.05) is 11.9 Å². The van der Waals surface area contributed by atoms with Crippen molar-refractivity contribution < 1.29 is 0 Å². The summed E-state index contributed by atoms with van der Waals surface area (Å²) in [4.78, 5) is 7.65. The highest BCUT2D eigenvalue weighted by molar-refractivity contribution is 7.71. The highest BCUT2D eigenvalue weighted by Gasteiger charge is 2.14. The van der Waals surface area contributed by atoms with Crippen LogP contribution < -0.4 is 5.32 Å². The summed E-state index contributed by atoms with van der Waals surface area (Å²) in [5, 5.41) is 3.38. The van der Waals surface area contributed by atoms with Gasteiger partial charge in [0, 0.05) is 17.8 Å². The van der Waals surface area contributed by atoms with Crippen molar-refractivity contribution in [1.29, 1.82) is 0 Å². The lowest BCUT2D eigenvalue weighted by Crippen LogP contribution is -2.08. The Balaban J connectivity index is 2.42. The molecule has 1 aliphatic rings. The van der Waals surface area contributed by atoms with Crippen LogP contribution in [0.5, 0.6) is 0 Å². The molecule has 2 N–H and O–H groups in total. The first-order valence-corrected chi connectivity index (χ1v) is 6.43. The van der Waals surface area contributed by atoms with E-state index in [1.165, 1.54) is 24.1 Å². The topological polar surface area (TPSA) is 40.7 Å². The van der Waals surface area contributed by atoms with Crippen LogP contribution in [-0.2, 0) is 12.8 Å². The first-order chi connectivity index (χ1) is 7.66. The fourth-order valence-corrected chi connectivity index (χ4v) is 2.39. The second-order valence-corrected chi connectivity index (χ2v) is 5.22. The zero-order chi connectivity index (χ0) is 11.5. The number of hydrogen-bond acceptors (Lipinski definition) is 3. The number of nitrogens with zero attached hydrogens (tertiary/aromatic N) is 1. The molecule has 2 rings (SSSR count). The molecule has 0 amide bonds. The van der Waals surface area contributed by atoms with Crippen LogP contribution in [0.15, 0.2) is 0 Å². The summed E-state index contributed by atoms with van der Waals surface area (Å²) >= 11 is 5.18. The van der Waals surface area contributed by atoms with Crippen molar-refractivity contribution >= 4 is 18.0 Å². The molecule has 3 nitrogen and oxygen atoms in total. The average molecular weight is 237 g/mol. The van der Waals surface area contributed by atoms with E-state index in [1.807, 2.05) is 0 Å². The summed E-state index contributed by atoms with van der Waals surface area (Å²) in [7, 11) is 0. The van der Waals surface area contributed by atoms with Crippen LogP contribution in [0.25, 0.3) is 0 Å². The Morgan fingerprint density at radius 2 is 2.19 bits per heavy atom. The molecule has 2 heterocycles. The predicted molar refractivity (Wildman–Crippen MR) is 69.4 cm³/mol. The Hall–Kier alpha value is -0.900. The summed E-state index contributed by atoms with van der Waals surface area (Å²) < 4.78 is 0.601. The zero-order valence-corrected chi connectivity index (χ0v) is 10.8. The van der Waals surface area contributed by atoms with Gasteiger partial charge in [0.1, 0.15) is 5.82 Å². The second-order valence-electron chi connectivity index (χ2n) is 4.83. The molecule has 0 bridgehead atoms. The molecule has 4 heteroatoms. The summed E-state index contributed by atoms with van der Waals surface area (Å²) in [5.41, 5.74) is 2.62. The van der Waals surface area contributed by atoms with E-state index < -0.39 is 0 Å². The molecular weight excluding hydrogens is 218 g/mol. The molecule has 1 aromatic heterocycles. The second kappa shape index (κ2) is 4.95. The molecular formula is C12H19N3S. The molecule has 0 saturated heterocycles. The molecule has 1 aromatic rings. The van der Waals surface area contributed by atoms with E-state index in [9.17, 15) is 0 Å². The first-order valence-electron chi connectivity index (χ1n) is 6.02. The van der Waals surface area contributed by atoms with Crippen LogP contribution in [0.1, 0.15) is 37.9 Å². The maximum Gasteiger partial charge on any atom is 0.198 e. The van der Waals surface area contributed by atoms with Gasteiger partial charge in [0.2, 0.25) is 0 Å². The number of anilines is 1. The van der Waals surface area contributed by atoms with Gasteiger partial charge in [0.25, 0.3) is 0 Å². The zero-order valence-electron chi connectivity index (χ0n) is 9.97. The average Bonchev–Trinajstić information content (AvgIpc) is 2.41. The van der Waals surface area contributed by atoms with Crippen LogP contribution in [-0.4, -0.2) is 16.5 Å². The lowest BCUT2D eigenvalue weighted by atomic mass is 10.0. The highest BCUT2D eigenvalue weighted by Crippen LogP contribution is 2.23. The van der Waals surface area contributed by atoms with Crippen LogP contribution in [0.2, 0.25) is 0 Å². The molecule has 0 aliphatic carbocycles. The van der Waals surface area contributed by atoms with Crippen molar-refractivity contribution in [2.45, 2.75) is 39.5 Å². The third-order valence-electron chi connectivity index (χ3n) is 2.88. The summed E-state index contributed by atoms with van der Waals surface area (Å²) in [6.07, 6.45) is 4.61. The minimum atomic E-state index is 0.601. The summed E-state index contributed by atoms with van der Waals surface area (Å²) in [5.74, 6) is 1.65. The van der Waals surface area contributed by atoms with Gasteiger partial charge in [-0.2, -0.15) is 0 Å². The first kappa shape index (κ1) is 11.6. The number of rotatable bonds is 2. The Kier molecular flexibility index (Phi) is 3.59. The smallest absolute Gasteiger partial charge is 0.198 e. The molecule has 16 heavy (non-hydrogen) atoms. The molecule has 0 atom stereocenters. The van der Waals surface area contributed by atoms with E-state index in [-0.39, 0.29) is 0 Å². The molecule has 0 unspecified atom stereocenters. The summed E-state index contributed by atoms with van der Waals surface area (Å²) in [6.45, 7) is 5.47. The maximum absolute atomic E-state index is 5.18. The third kappa shape index (κ3) is 2.61. The van der Waals surface area contributed by atoms with Gasteiger partial charge in [-0.15, -0.1) is 0 Å². The summed E-state index contributed by atoms with van der Waals surface area (Å²) in [6, 6.07) is 0. The van der Waals surface area contributed by atoms with Gasteiger partial charge >= 0.3 is 0 Å². The van der Waals surface area contributed by atoms with E-state index in [2.05, 4.69) is 29.1 Å². The van der Waals surface area contributed by atoms with Crippen molar-refractivity contribution in [3.8, 4) is 0 Å². The number of H-pyrrole nitrogens is 1. The molecule has 0 spiro atoms. The van der Waals surface area contributed by atoms with Gasteiger partial charge in [0.05, 0.1) is 0 Å². The molecule has 0 radical (unpaired) electrons. The molecule has 0 aromatic carbocycles. The van der Waals surface area contributed by atoms with Crippen molar-refractivity contribution in [3.05, 3.63) is 16.0 Å².